The third kappa shape index (κ3) is 5.66. The number of rotatable bonds is 2. The van der Waals surface area contributed by atoms with E-state index in [1.54, 1.807) is 0 Å². The van der Waals surface area contributed by atoms with E-state index in [-0.39, 0.29) is 0 Å². The quantitative estimate of drug-likeness (QED) is 0.473. The van der Waals surface area contributed by atoms with Gasteiger partial charge in [0.05, 0.1) is 0 Å². The van der Waals surface area contributed by atoms with Gasteiger partial charge in [-0.1, -0.05) is 0 Å². The Morgan fingerprint density at radius 1 is 0.609 bits per heavy atom. The van der Waals surface area contributed by atoms with Crippen molar-refractivity contribution >= 4 is 11.4 Å². The molecule has 0 aromatic heterocycles. The van der Waals surface area contributed by atoms with Crippen molar-refractivity contribution in [3.63, 3.8) is 0 Å². The van der Waals surface area contributed by atoms with E-state index in [9.17, 15) is 0 Å². The van der Waals surface area contributed by atoms with E-state index < -0.39 is 24.6 Å². The molecule has 0 aliphatic heterocycles. The summed E-state index contributed by atoms with van der Waals surface area (Å²) in [5, 5.41) is 0. The molecule has 0 spiro atoms. The number of benzene rings is 2. The molecule has 2 rings (SSSR count). The van der Waals surface area contributed by atoms with Crippen LogP contribution in [0.5, 0.6) is 0 Å². The van der Waals surface area contributed by atoms with Crippen LogP contribution in [-0.4, -0.2) is 28.2 Å². The van der Waals surface area contributed by atoms with Gasteiger partial charge in [0.15, 0.2) is 0 Å². The number of hydrogen-bond acceptors (Lipinski definition) is 2. The average molecular weight is 489 g/mol. The van der Waals surface area contributed by atoms with Crippen LogP contribution in [0.15, 0.2) is 48.5 Å². The standard InChI is InChI=1S/2C10H10N.Hg/c2*1-4-9-5-7-10(8-6-9)11(2)3;/h2*5-8H,2-3H3;. The minimum atomic E-state index is -1.42. The van der Waals surface area contributed by atoms with Crippen molar-refractivity contribution in [2.75, 3.05) is 38.0 Å². The molecule has 0 unspecified atom stereocenters. The summed E-state index contributed by atoms with van der Waals surface area (Å²) in [6.07, 6.45) is 0. The van der Waals surface area contributed by atoms with E-state index in [4.69, 9.17) is 0 Å². The Balaban J connectivity index is 1.93. The molecule has 0 fully saturated rings. The van der Waals surface area contributed by atoms with Gasteiger partial charge < -0.3 is 0 Å². The molecule has 2 nitrogen and oxygen atoms in total. The van der Waals surface area contributed by atoms with Crippen molar-refractivity contribution < 1.29 is 24.6 Å². The van der Waals surface area contributed by atoms with Crippen LogP contribution in [-0.2, 0) is 24.6 Å². The molecule has 0 heterocycles. The maximum absolute atomic E-state index is 3.33. The predicted octanol–water partition coefficient (Wildman–Crippen LogP) is 3.22. The zero-order chi connectivity index (χ0) is 16.7. The zero-order valence-electron chi connectivity index (χ0n) is 14.2. The first kappa shape index (κ1) is 17.4. The van der Waals surface area contributed by atoms with E-state index in [1.807, 2.05) is 28.2 Å². The summed E-state index contributed by atoms with van der Waals surface area (Å²) in [7, 11) is 8.16. The molecule has 0 radical (unpaired) electrons. The van der Waals surface area contributed by atoms with Crippen LogP contribution in [0.1, 0.15) is 11.1 Å². The molecule has 112 valence electrons. The van der Waals surface area contributed by atoms with Crippen molar-refractivity contribution in [1.29, 1.82) is 0 Å². The van der Waals surface area contributed by atoms with Gasteiger partial charge in [0.1, 0.15) is 0 Å². The maximum atomic E-state index is 3.33. The van der Waals surface area contributed by atoms with Crippen molar-refractivity contribution in [3.05, 3.63) is 59.7 Å². The second-order valence-corrected chi connectivity index (χ2v) is 9.79. The zero-order valence-corrected chi connectivity index (χ0v) is 19.7. The molecule has 0 saturated carbocycles. The molecule has 0 aliphatic rings. The van der Waals surface area contributed by atoms with Crippen LogP contribution in [0.2, 0.25) is 0 Å². The van der Waals surface area contributed by atoms with Crippen molar-refractivity contribution in [1.82, 2.24) is 0 Å². The minimum absolute atomic E-state index is 1.08. The molecule has 0 aliphatic carbocycles. The first-order valence-electron chi connectivity index (χ1n) is 7.59. The molecule has 2 aromatic carbocycles. The number of nitrogens with zero attached hydrogens (tertiary/aromatic N) is 2. The van der Waals surface area contributed by atoms with Crippen LogP contribution in [0, 0.1) is 18.7 Å². The van der Waals surface area contributed by atoms with Gasteiger partial charge in [0.25, 0.3) is 0 Å². The Morgan fingerprint density at radius 2 is 0.957 bits per heavy atom. The van der Waals surface area contributed by atoms with Crippen LogP contribution < -0.4 is 9.80 Å². The molecular weight excluding hydrogens is 469 g/mol. The monoisotopic (exact) mass is 490 g/mol. The summed E-state index contributed by atoms with van der Waals surface area (Å²) in [6, 6.07) is 16.7. The van der Waals surface area contributed by atoms with Gasteiger partial charge in [-0.05, 0) is 0 Å². The first-order valence-corrected chi connectivity index (χ1v) is 13.1. The summed E-state index contributed by atoms with van der Waals surface area (Å²) in [4.78, 5) is 4.18. The van der Waals surface area contributed by atoms with Gasteiger partial charge in [0.2, 0.25) is 0 Å². The Bertz CT molecular complexity index is 684. The van der Waals surface area contributed by atoms with E-state index in [2.05, 4.69) is 77.0 Å². The van der Waals surface area contributed by atoms with Gasteiger partial charge >= 0.3 is 152 Å². The van der Waals surface area contributed by atoms with E-state index in [1.165, 1.54) is 11.4 Å². The second-order valence-electron chi connectivity index (χ2n) is 5.66. The summed E-state index contributed by atoms with van der Waals surface area (Å²) in [5.41, 5.74) is 4.54. The first-order chi connectivity index (χ1) is 11.1. The van der Waals surface area contributed by atoms with Gasteiger partial charge in [-0.2, -0.15) is 0 Å². The molecule has 2 aromatic rings. The Hall–Kier alpha value is -1.90. The van der Waals surface area contributed by atoms with Crippen molar-refractivity contribution in [2.24, 2.45) is 0 Å². The topological polar surface area (TPSA) is 6.48 Å². The predicted molar refractivity (Wildman–Crippen MR) is 95.3 cm³/mol. The second kappa shape index (κ2) is 8.66. The molecule has 0 N–H and O–H groups in total. The third-order valence-corrected chi connectivity index (χ3v) is 6.16. The van der Waals surface area contributed by atoms with Crippen LogP contribution in [0.25, 0.3) is 0 Å². The van der Waals surface area contributed by atoms with E-state index in [0.29, 0.717) is 0 Å². The van der Waals surface area contributed by atoms with Crippen molar-refractivity contribution in [2.45, 2.75) is 0 Å². The Labute approximate surface area is 151 Å². The van der Waals surface area contributed by atoms with Crippen molar-refractivity contribution in [3.8, 4) is 18.7 Å². The molecule has 0 amide bonds. The molecule has 0 bridgehead atoms. The van der Waals surface area contributed by atoms with E-state index in [0.717, 1.165) is 11.1 Å². The van der Waals surface area contributed by atoms with Crippen LogP contribution in [0.3, 0.4) is 0 Å². The SMILES string of the molecule is CN(C)c1ccc(C#[C][Hg][C]#Cc2ccc(N(C)C)cc2)cc1. The van der Waals surface area contributed by atoms with Crippen LogP contribution >= 0.6 is 0 Å². The third-order valence-electron chi connectivity index (χ3n) is 3.41. The normalized spacial score (nSPS) is 8.87. The Morgan fingerprint density at radius 3 is 1.26 bits per heavy atom. The molecule has 23 heavy (non-hydrogen) atoms. The van der Waals surface area contributed by atoms with Gasteiger partial charge in [-0.15, -0.1) is 0 Å². The summed E-state index contributed by atoms with van der Waals surface area (Å²) in [5.74, 6) is 6.48. The van der Waals surface area contributed by atoms with Crippen LogP contribution in [0.4, 0.5) is 11.4 Å². The molecule has 0 atom stereocenters. The van der Waals surface area contributed by atoms with Gasteiger partial charge in [-0.3, -0.25) is 0 Å². The number of hydrogen-bond donors (Lipinski definition) is 0. The summed E-state index contributed by atoms with van der Waals surface area (Å²) >= 11 is -1.42. The van der Waals surface area contributed by atoms with Gasteiger partial charge in [-0.25, -0.2) is 0 Å². The molecular formula is C20H20HgN2. The van der Waals surface area contributed by atoms with E-state index >= 15 is 0 Å². The fourth-order valence-electron chi connectivity index (χ4n) is 2.02. The molecule has 3 heteroatoms. The molecule has 0 saturated heterocycles. The average Bonchev–Trinajstić information content (AvgIpc) is 2.55. The summed E-state index contributed by atoms with van der Waals surface area (Å²) in [6.45, 7) is 0. The fourth-order valence-corrected chi connectivity index (χ4v) is 4.64. The number of anilines is 2. The summed E-state index contributed by atoms with van der Waals surface area (Å²) < 4.78 is 6.65. The Kier molecular flexibility index (Phi) is 6.57. The van der Waals surface area contributed by atoms with Gasteiger partial charge in [0, 0.05) is 0 Å². The fraction of sp³-hybridized carbons (Fsp3) is 0.200.